The van der Waals surface area contributed by atoms with E-state index in [0.29, 0.717) is 17.4 Å². The maximum Gasteiger partial charge on any atom is 0.112 e. The van der Waals surface area contributed by atoms with Gasteiger partial charge in [0.05, 0.1) is 0 Å². The smallest absolute Gasteiger partial charge is 0.112 e. The summed E-state index contributed by atoms with van der Waals surface area (Å²) in [6.07, 6.45) is 9.23. The Kier molecular flexibility index (Phi) is 5.48. The fourth-order valence-corrected chi connectivity index (χ4v) is 3.65. The van der Waals surface area contributed by atoms with E-state index in [1.54, 1.807) is 0 Å². The molecule has 0 amide bonds. The predicted octanol–water partition coefficient (Wildman–Crippen LogP) is 4.20. The number of imidazole rings is 1. The Labute approximate surface area is 130 Å². The maximum atomic E-state index is 4.74. The third kappa shape index (κ3) is 4.32. The number of hydrogen-bond donors (Lipinski definition) is 1. The number of nitrogens with one attached hydrogen (secondary N) is 1. The Morgan fingerprint density at radius 2 is 2.19 bits per heavy atom. The van der Waals surface area contributed by atoms with Gasteiger partial charge in [0.15, 0.2) is 0 Å². The van der Waals surface area contributed by atoms with Gasteiger partial charge in [0.1, 0.15) is 5.82 Å². The van der Waals surface area contributed by atoms with Gasteiger partial charge in [-0.1, -0.05) is 34.6 Å². The zero-order chi connectivity index (χ0) is 15.5. The van der Waals surface area contributed by atoms with E-state index in [0.717, 1.165) is 19.0 Å². The molecule has 0 aromatic carbocycles. The number of aryl methyl sites for hydroxylation is 1. The molecule has 3 nitrogen and oxygen atoms in total. The van der Waals surface area contributed by atoms with E-state index >= 15 is 0 Å². The number of rotatable bonds is 6. The van der Waals surface area contributed by atoms with Crippen molar-refractivity contribution >= 4 is 0 Å². The van der Waals surface area contributed by atoms with Gasteiger partial charge in [0.2, 0.25) is 0 Å². The first kappa shape index (κ1) is 16.5. The van der Waals surface area contributed by atoms with Crippen LogP contribution in [0.2, 0.25) is 0 Å². The minimum Gasteiger partial charge on any atom is -0.335 e. The van der Waals surface area contributed by atoms with Crippen LogP contribution in [0.5, 0.6) is 0 Å². The number of aromatic nitrogens is 2. The van der Waals surface area contributed by atoms with Crippen molar-refractivity contribution in [1.29, 1.82) is 0 Å². The van der Waals surface area contributed by atoms with E-state index in [9.17, 15) is 0 Å². The molecule has 1 heterocycles. The maximum absolute atomic E-state index is 4.74. The summed E-state index contributed by atoms with van der Waals surface area (Å²) in [5, 5.41) is 3.65. The molecule has 0 radical (unpaired) electrons. The minimum absolute atomic E-state index is 0.446. The quantitative estimate of drug-likeness (QED) is 0.851. The van der Waals surface area contributed by atoms with Gasteiger partial charge < -0.3 is 9.88 Å². The van der Waals surface area contributed by atoms with E-state index in [1.165, 1.54) is 31.5 Å². The minimum atomic E-state index is 0.446. The lowest BCUT2D eigenvalue weighted by molar-refractivity contribution is 0.151. The largest absolute Gasteiger partial charge is 0.335 e. The van der Waals surface area contributed by atoms with Gasteiger partial charge in [-0.2, -0.15) is 0 Å². The monoisotopic (exact) mass is 291 g/mol. The van der Waals surface area contributed by atoms with Gasteiger partial charge in [-0.25, -0.2) is 4.98 Å². The Hall–Kier alpha value is -0.830. The van der Waals surface area contributed by atoms with Gasteiger partial charge in [0, 0.05) is 30.9 Å². The zero-order valence-corrected chi connectivity index (χ0v) is 14.5. The van der Waals surface area contributed by atoms with Crippen molar-refractivity contribution in [2.45, 2.75) is 78.8 Å². The second-order valence-corrected chi connectivity index (χ2v) is 7.82. The molecule has 2 atom stereocenters. The molecular weight excluding hydrogens is 258 g/mol. The first-order valence-corrected chi connectivity index (χ1v) is 8.67. The second-order valence-electron chi connectivity index (χ2n) is 7.82. The van der Waals surface area contributed by atoms with Crippen LogP contribution in [0.4, 0.5) is 0 Å². The molecule has 1 aliphatic carbocycles. The average Bonchev–Trinajstić information content (AvgIpc) is 2.85. The third-order valence-electron chi connectivity index (χ3n) is 4.87. The van der Waals surface area contributed by atoms with Crippen LogP contribution in [-0.4, -0.2) is 22.1 Å². The van der Waals surface area contributed by atoms with Gasteiger partial charge in [-0.3, -0.25) is 0 Å². The van der Waals surface area contributed by atoms with Crippen LogP contribution in [-0.2, 0) is 6.54 Å². The lowest BCUT2D eigenvalue weighted by Gasteiger charge is -2.41. The first-order valence-electron chi connectivity index (χ1n) is 8.67. The van der Waals surface area contributed by atoms with Crippen molar-refractivity contribution < 1.29 is 0 Å². The highest BCUT2D eigenvalue weighted by molar-refractivity contribution is 5.07. The van der Waals surface area contributed by atoms with Crippen molar-refractivity contribution in [2.75, 3.05) is 6.54 Å². The van der Waals surface area contributed by atoms with Gasteiger partial charge in [-0.15, -0.1) is 0 Å². The van der Waals surface area contributed by atoms with Crippen LogP contribution < -0.4 is 5.32 Å². The summed E-state index contributed by atoms with van der Waals surface area (Å²) >= 11 is 0. The average molecular weight is 291 g/mol. The van der Waals surface area contributed by atoms with Crippen molar-refractivity contribution in [1.82, 2.24) is 14.9 Å². The molecule has 0 bridgehead atoms. The lowest BCUT2D eigenvalue weighted by Crippen LogP contribution is -2.38. The molecule has 21 heavy (non-hydrogen) atoms. The Morgan fingerprint density at radius 3 is 2.86 bits per heavy atom. The van der Waals surface area contributed by atoms with Crippen molar-refractivity contribution in [3.05, 3.63) is 18.2 Å². The number of hydrogen-bond acceptors (Lipinski definition) is 2. The van der Waals surface area contributed by atoms with Crippen LogP contribution in [0.15, 0.2) is 12.4 Å². The summed E-state index contributed by atoms with van der Waals surface area (Å²) in [5.41, 5.74) is 0.446. The molecule has 1 saturated carbocycles. The molecule has 1 N–H and O–H groups in total. The lowest BCUT2D eigenvalue weighted by atomic mass is 9.66. The predicted molar refractivity (Wildman–Crippen MR) is 89.5 cm³/mol. The third-order valence-corrected chi connectivity index (χ3v) is 4.87. The van der Waals surface area contributed by atoms with Crippen LogP contribution >= 0.6 is 0 Å². The van der Waals surface area contributed by atoms with E-state index in [4.69, 9.17) is 4.98 Å². The first-order chi connectivity index (χ1) is 9.93. The van der Waals surface area contributed by atoms with Gasteiger partial charge in [-0.05, 0) is 43.6 Å². The molecule has 120 valence electrons. The molecular formula is C18H33N3. The van der Waals surface area contributed by atoms with Crippen molar-refractivity contribution in [2.24, 2.45) is 11.3 Å². The van der Waals surface area contributed by atoms with Crippen LogP contribution in [0.3, 0.4) is 0 Å². The summed E-state index contributed by atoms with van der Waals surface area (Å²) < 4.78 is 2.38. The molecule has 2 unspecified atom stereocenters. The standard InChI is InChI=1S/C18H33N3/c1-6-10-21-11-9-19-17(21)16-12-18(4,5)8-7-15(16)13-20-14(2)3/h9,11,14-16,20H,6-8,10,12-13H2,1-5H3. The summed E-state index contributed by atoms with van der Waals surface area (Å²) in [6.45, 7) is 13.8. The molecule has 1 aromatic rings. The molecule has 3 heteroatoms. The Balaban J connectivity index is 2.18. The van der Waals surface area contributed by atoms with E-state index < -0.39 is 0 Å². The molecule has 1 aromatic heterocycles. The summed E-state index contributed by atoms with van der Waals surface area (Å²) in [5.74, 6) is 2.64. The zero-order valence-electron chi connectivity index (χ0n) is 14.5. The second kappa shape index (κ2) is 6.95. The van der Waals surface area contributed by atoms with Crippen LogP contribution in [0.1, 0.15) is 72.0 Å². The molecule has 0 aliphatic heterocycles. The van der Waals surface area contributed by atoms with E-state index in [1.807, 2.05) is 6.20 Å². The normalized spacial score (nSPS) is 25.4. The van der Waals surface area contributed by atoms with Crippen LogP contribution in [0, 0.1) is 11.3 Å². The van der Waals surface area contributed by atoms with Crippen molar-refractivity contribution in [3.63, 3.8) is 0 Å². The molecule has 1 aliphatic rings. The Morgan fingerprint density at radius 1 is 1.43 bits per heavy atom. The molecule has 0 spiro atoms. The van der Waals surface area contributed by atoms with E-state index in [2.05, 4.69) is 50.7 Å². The SMILES string of the molecule is CCCn1ccnc1C1CC(C)(C)CCC1CNC(C)C. The van der Waals surface area contributed by atoms with Crippen LogP contribution in [0.25, 0.3) is 0 Å². The fraction of sp³-hybridized carbons (Fsp3) is 0.833. The topological polar surface area (TPSA) is 29.9 Å². The van der Waals surface area contributed by atoms with Gasteiger partial charge in [0.25, 0.3) is 0 Å². The summed E-state index contributed by atoms with van der Waals surface area (Å²) in [6, 6.07) is 0.566. The number of nitrogens with zero attached hydrogens (tertiary/aromatic N) is 2. The summed E-state index contributed by atoms with van der Waals surface area (Å²) in [7, 11) is 0. The fourth-order valence-electron chi connectivity index (χ4n) is 3.65. The molecule has 2 rings (SSSR count). The molecule has 1 fully saturated rings. The van der Waals surface area contributed by atoms with Gasteiger partial charge >= 0.3 is 0 Å². The van der Waals surface area contributed by atoms with E-state index in [-0.39, 0.29) is 0 Å². The molecule has 0 saturated heterocycles. The highest BCUT2D eigenvalue weighted by atomic mass is 15.1. The van der Waals surface area contributed by atoms with Crippen molar-refractivity contribution in [3.8, 4) is 0 Å². The summed E-state index contributed by atoms with van der Waals surface area (Å²) in [4.78, 5) is 4.74. The highest BCUT2D eigenvalue weighted by Crippen LogP contribution is 2.46. The highest BCUT2D eigenvalue weighted by Gasteiger charge is 2.37. The Bertz CT molecular complexity index is 431.